The minimum atomic E-state index is -3.34. The number of hydrogen-bond donors (Lipinski definition) is 1. The van der Waals surface area contributed by atoms with Crippen LogP contribution in [0, 0.1) is 0 Å². The Morgan fingerprint density at radius 1 is 1.22 bits per heavy atom. The number of aliphatic hydroxyl groups is 1. The predicted octanol–water partition coefficient (Wildman–Crippen LogP) is 2.25. The molecule has 2 aromatic rings. The Balaban J connectivity index is 2.10. The highest BCUT2D eigenvalue weighted by Crippen LogP contribution is 2.20. The van der Waals surface area contributed by atoms with Crippen LogP contribution in [0.5, 0.6) is 0 Å². The van der Waals surface area contributed by atoms with E-state index in [1.807, 2.05) is 31.2 Å². The first-order valence-corrected chi connectivity index (χ1v) is 9.13. The average Bonchev–Trinajstić information content (AvgIpc) is 3.00. The number of aliphatic hydroxyl groups excluding tert-OH is 1. The lowest BCUT2D eigenvalue weighted by Crippen LogP contribution is -2.25. The van der Waals surface area contributed by atoms with Gasteiger partial charge in [0.2, 0.25) is 14.9 Å². The summed E-state index contributed by atoms with van der Waals surface area (Å²) in [5, 5.41) is 8.96. The van der Waals surface area contributed by atoms with Crippen molar-refractivity contribution in [1.82, 2.24) is 0 Å². The van der Waals surface area contributed by atoms with E-state index in [-0.39, 0.29) is 11.7 Å². The Hall–Kier alpha value is -2.12. The maximum atomic E-state index is 11.3. The Morgan fingerprint density at radius 2 is 1.91 bits per heavy atom. The minimum Gasteiger partial charge on any atom is -0.444 e. The first-order valence-electron chi connectivity index (χ1n) is 7.24. The summed E-state index contributed by atoms with van der Waals surface area (Å²) in [5.41, 5.74) is 1.74. The normalized spacial score (nSPS) is 12.0. The molecule has 0 aliphatic heterocycles. The molecular formula is C16H20N2O4S. The number of benzene rings is 1. The number of rotatable bonds is 7. The van der Waals surface area contributed by atoms with Gasteiger partial charge < -0.3 is 14.4 Å². The van der Waals surface area contributed by atoms with E-state index in [1.54, 1.807) is 6.07 Å². The molecule has 0 unspecified atom stereocenters. The van der Waals surface area contributed by atoms with Crippen molar-refractivity contribution in [3.05, 3.63) is 42.2 Å². The number of anilines is 1. The fourth-order valence-electron chi connectivity index (χ4n) is 2.08. The molecule has 0 radical (unpaired) electrons. The molecule has 124 valence electrons. The molecule has 0 atom stereocenters. The summed E-state index contributed by atoms with van der Waals surface area (Å²) < 4.78 is 27.9. The second-order valence-corrected chi connectivity index (χ2v) is 6.95. The van der Waals surface area contributed by atoms with Gasteiger partial charge in [-0.2, -0.15) is 0 Å². The zero-order valence-corrected chi connectivity index (χ0v) is 14.0. The Morgan fingerprint density at radius 3 is 2.43 bits per heavy atom. The van der Waals surface area contributed by atoms with E-state index in [2.05, 4.69) is 9.89 Å². The Kier molecular flexibility index (Phi) is 5.57. The molecule has 23 heavy (non-hydrogen) atoms. The molecule has 1 aromatic carbocycles. The topological polar surface area (TPSA) is 83.1 Å². The van der Waals surface area contributed by atoms with Crippen molar-refractivity contribution in [3.8, 4) is 0 Å². The van der Waals surface area contributed by atoms with Gasteiger partial charge in [-0.3, -0.25) is 4.99 Å². The summed E-state index contributed by atoms with van der Waals surface area (Å²) in [4.78, 5) is 6.32. The molecule has 0 spiro atoms. The van der Waals surface area contributed by atoms with E-state index >= 15 is 0 Å². The average molecular weight is 336 g/mol. The zero-order valence-electron chi connectivity index (χ0n) is 13.1. The summed E-state index contributed by atoms with van der Waals surface area (Å²) in [6, 6.07) is 10.5. The van der Waals surface area contributed by atoms with Gasteiger partial charge in [-0.25, -0.2) is 8.42 Å². The highest BCUT2D eigenvalue weighted by molar-refractivity contribution is 7.90. The van der Waals surface area contributed by atoms with Crippen molar-refractivity contribution >= 4 is 27.4 Å². The van der Waals surface area contributed by atoms with E-state index in [0.29, 0.717) is 12.3 Å². The number of likely N-dealkylation sites (N-methyl/N-ethyl adjacent to an activating group) is 1. The molecule has 0 aliphatic carbocycles. The van der Waals surface area contributed by atoms with Crippen molar-refractivity contribution in [3.63, 3.8) is 0 Å². The van der Waals surface area contributed by atoms with Crippen LogP contribution < -0.4 is 4.90 Å². The van der Waals surface area contributed by atoms with Crippen LogP contribution in [0.25, 0.3) is 0 Å². The second kappa shape index (κ2) is 7.43. The third-order valence-corrected chi connectivity index (χ3v) is 4.23. The van der Waals surface area contributed by atoms with Gasteiger partial charge in [-0.05, 0) is 43.3 Å². The molecule has 6 nitrogen and oxygen atoms in total. The molecule has 0 fully saturated rings. The van der Waals surface area contributed by atoms with Crippen molar-refractivity contribution in [2.24, 2.45) is 4.99 Å². The van der Waals surface area contributed by atoms with Crippen LogP contribution in [0.1, 0.15) is 12.7 Å². The van der Waals surface area contributed by atoms with Gasteiger partial charge >= 0.3 is 0 Å². The highest BCUT2D eigenvalue weighted by Gasteiger charge is 2.11. The van der Waals surface area contributed by atoms with E-state index in [1.165, 1.54) is 12.3 Å². The fourth-order valence-corrected chi connectivity index (χ4v) is 2.64. The molecule has 1 aromatic heterocycles. The number of nitrogens with zero attached hydrogens (tertiary/aromatic N) is 2. The third kappa shape index (κ3) is 4.67. The Bertz CT molecular complexity index is 764. The van der Waals surface area contributed by atoms with Crippen LogP contribution in [0.2, 0.25) is 0 Å². The van der Waals surface area contributed by atoms with Gasteiger partial charge in [-0.1, -0.05) is 0 Å². The lowest BCUT2D eigenvalue weighted by atomic mass is 10.2. The summed E-state index contributed by atoms with van der Waals surface area (Å²) in [7, 11) is -3.34. The van der Waals surface area contributed by atoms with Crippen molar-refractivity contribution in [2.45, 2.75) is 12.0 Å². The largest absolute Gasteiger partial charge is 0.444 e. The molecule has 0 bridgehead atoms. The summed E-state index contributed by atoms with van der Waals surface area (Å²) >= 11 is 0. The first kappa shape index (κ1) is 17.2. The molecule has 0 amide bonds. The van der Waals surface area contributed by atoms with Gasteiger partial charge in [-0.15, -0.1) is 0 Å². The molecule has 0 saturated heterocycles. The van der Waals surface area contributed by atoms with E-state index < -0.39 is 9.84 Å². The van der Waals surface area contributed by atoms with E-state index in [9.17, 15) is 8.42 Å². The molecule has 1 N–H and O–H groups in total. The number of aliphatic imine (C=N–C) groups is 1. The molecule has 1 heterocycles. The predicted molar refractivity (Wildman–Crippen MR) is 90.5 cm³/mol. The third-order valence-electron chi connectivity index (χ3n) is 3.27. The lowest BCUT2D eigenvalue weighted by molar-refractivity contribution is 0.302. The van der Waals surface area contributed by atoms with Crippen LogP contribution in [-0.2, 0) is 9.84 Å². The van der Waals surface area contributed by atoms with Crippen LogP contribution in [0.4, 0.5) is 11.4 Å². The fraction of sp³-hybridized carbons (Fsp3) is 0.312. The number of furan rings is 1. The van der Waals surface area contributed by atoms with Crippen LogP contribution in [-0.4, -0.2) is 45.7 Å². The van der Waals surface area contributed by atoms with Gasteiger partial charge in [0.05, 0.1) is 18.5 Å². The summed E-state index contributed by atoms with van der Waals surface area (Å²) in [6.45, 7) is 3.52. The summed E-state index contributed by atoms with van der Waals surface area (Å²) in [6.07, 6.45) is 2.58. The van der Waals surface area contributed by atoms with Gasteiger partial charge in [0, 0.05) is 25.0 Å². The molecule has 2 rings (SSSR count). The molecule has 7 heteroatoms. The zero-order chi connectivity index (χ0) is 16.9. The standard InChI is InChI=1S/C16H20N2O4S/c1-3-18(10-11-19)14-6-4-13(5-7-14)17-12-15-8-9-16(22-15)23(2,20)21/h4-9,12,19H,3,10-11H2,1-2H3. The van der Waals surface area contributed by atoms with Crippen LogP contribution in [0.15, 0.2) is 50.9 Å². The quantitative estimate of drug-likeness (QED) is 0.784. The lowest BCUT2D eigenvalue weighted by Gasteiger charge is -2.21. The molecule has 0 aliphatic rings. The van der Waals surface area contributed by atoms with E-state index in [4.69, 9.17) is 9.52 Å². The van der Waals surface area contributed by atoms with Crippen molar-refractivity contribution < 1.29 is 17.9 Å². The molecular weight excluding hydrogens is 316 g/mol. The Labute approximate surface area is 136 Å². The van der Waals surface area contributed by atoms with Gasteiger partial charge in [0.15, 0.2) is 0 Å². The molecule has 0 saturated carbocycles. The number of hydrogen-bond acceptors (Lipinski definition) is 6. The first-order chi connectivity index (χ1) is 10.9. The van der Waals surface area contributed by atoms with Crippen LogP contribution >= 0.6 is 0 Å². The summed E-state index contributed by atoms with van der Waals surface area (Å²) in [5.74, 6) is 0.380. The highest BCUT2D eigenvalue weighted by atomic mass is 32.2. The maximum absolute atomic E-state index is 11.3. The van der Waals surface area contributed by atoms with Gasteiger partial charge in [0.25, 0.3) is 0 Å². The monoisotopic (exact) mass is 336 g/mol. The van der Waals surface area contributed by atoms with Crippen molar-refractivity contribution in [1.29, 1.82) is 0 Å². The SMILES string of the molecule is CCN(CCO)c1ccc(N=Cc2ccc(S(C)(=O)=O)o2)cc1. The van der Waals surface area contributed by atoms with Crippen LogP contribution in [0.3, 0.4) is 0 Å². The number of sulfone groups is 1. The maximum Gasteiger partial charge on any atom is 0.218 e. The van der Waals surface area contributed by atoms with E-state index in [0.717, 1.165) is 24.2 Å². The minimum absolute atomic E-state index is 0.0723. The van der Waals surface area contributed by atoms with Gasteiger partial charge in [0.1, 0.15) is 5.76 Å². The second-order valence-electron chi connectivity index (χ2n) is 5.01. The smallest absolute Gasteiger partial charge is 0.218 e. The van der Waals surface area contributed by atoms with Crippen molar-refractivity contribution in [2.75, 3.05) is 30.9 Å².